The Bertz CT molecular complexity index is 1520. The van der Waals surface area contributed by atoms with Gasteiger partial charge in [-0.15, -0.1) is 0 Å². The third kappa shape index (κ3) is 4.44. The lowest BCUT2D eigenvalue weighted by Crippen LogP contribution is -2.37. The van der Waals surface area contributed by atoms with Gasteiger partial charge in [0.15, 0.2) is 0 Å². The number of aryl methyl sites for hydroxylation is 1. The van der Waals surface area contributed by atoms with E-state index in [1.54, 1.807) is 6.20 Å². The zero-order chi connectivity index (χ0) is 26.1. The summed E-state index contributed by atoms with van der Waals surface area (Å²) in [6, 6.07) is 14.8. The van der Waals surface area contributed by atoms with Gasteiger partial charge in [0.05, 0.1) is 42.1 Å². The van der Waals surface area contributed by atoms with Crippen molar-refractivity contribution in [1.82, 2.24) is 9.97 Å². The Morgan fingerprint density at radius 1 is 1.16 bits per heavy atom. The average Bonchev–Trinajstić information content (AvgIpc) is 3.54. The number of nitrogens with zero attached hydrogens (tertiary/aromatic N) is 3. The number of benzene rings is 2. The van der Waals surface area contributed by atoms with Gasteiger partial charge in [-0.25, -0.2) is 0 Å². The molecule has 4 aromatic rings. The summed E-state index contributed by atoms with van der Waals surface area (Å²) in [6.07, 6.45) is 5.59. The SMILES string of the molecule is Cc1cccc2c(CCNc3ccc(Nc4ccnc5c4CCC5O)c(N4CCOCC4)c3C#N)c[nH]c12. The Morgan fingerprint density at radius 2 is 2.00 bits per heavy atom. The van der Waals surface area contributed by atoms with Crippen LogP contribution in [0, 0.1) is 18.3 Å². The maximum Gasteiger partial charge on any atom is 0.104 e. The van der Waals surface area contributed by atoms with E-state index < -0.39 is 6.10 Å². The molecule has 2 aliphatic rings. The molecule has 4 N–H and O–H groups in total. The number of ether oxygens (including phenoxy) is 1. The molecule has 0 saturated carbocycles. The van der Waals surface area contributed by atoms with E-state index in [-0.39, 0.29) is 0 Å². The highest BCUT2D eigenvalue weighted by Gasteiger charge is 2.26. The molecule has 3 heterocycles. The molecule has 8 heteroatoms. The number of aromatic amines is 1. The minimum absolute atomic E-state index is 0.521. The highest BCUT2D eigenvalue weighted by molar-refractivity contribution is 5.87. The van der Waals surface area contributed by atoms with Crippen molar-refractivity contribution in [1.29, 1.82) is 5.26 Å². The maximum atomic E-state index is 10.3. The third-order valence-corrected chi connectivity index (χ3v) is 7.68. The molecule has 1 unspecified atom stereocenters. The molecule has 1 atom stereocenters. The number of hydrogen-bond acceptors (Lipinski definition) is 7. The predicted molar refractivity (Wildman–Crippen MR) is 150 cm³/mol. The number of anilines is 4. The molecule has 0 bridgehead atoms. The van der Waals surface area contributed by atoms with Crippen LogP contribution in [-0.2, 0) is 17.6 Å². The topological polar surface area (TPSA) is 109 Å². The number of hydrogen-bond donors (Lipinski definition) is 4. The van der Waals surface area contributed by atoms with Gasteiger partial charge in [0.25, 0.3) is 0 Å². The highest BCUT2D eigenvalue weighted by atomic mass is 16.5. The number of nitriles is 1. The first-order valence-electron chi connectivity index (χ1n) is 13.3. The summed E-state index contributed by atoms with van der Waals surface area (Å²) in [5, 5.41) is 29.0. The second kappa shape index (κ2) is 10.4. The molecule has 6 rings (SSSR count). The average molecular weight is 509 g/mol. The van der Waals surface area contributed by atoms with Crippen LogP contribution in [0.3, 0.4) is 0 Å². The third-order valence-electron chi connectivity index (χ3n) is 7.68. The normalized spacial score (nSPS) is 16.9. The van der Waals surface area contributed by atoms with Crippen molar-refractivity contribution in [2.75, 3.05) is 48.4 Å². The number of pyridine rings is 1. The number of aliphatic hydroxyl groups excluding tert-OH is 1. The zero-order valence-corrected chi connectivity index (χ0v) is 21.6. The number of nitrogens with one attached hydrogen (secondary N) is 3. The first kappa shape index (κ1) is 24.3. The summed E-state index contributed by atoms with van der Waals surface area (Å²) < 4.78 is 5.61. The van der Waals surface area contributed by atoms with Gasteiger partial charge in [-0.05, 0) is 61.1 Å². The van der Waals surface area contributed by atoms with Crippen molar-refractivity contribution in [2.24, 2.45) is 0 Å². The lowest BCUT2D eigenvalue weighted by molar-refractivity contribution is 0.123. The largest absolute Gasteiger partial charge is 0.387 e. The van der Waals surface area contributed by atoms with Crippen LogP contribution in [0.25, 0.3) is 10.9 Å². The molecule has 38 heavy (non-hydrogen) atoms. The minimum atomic E-state index is -0.521. The lowest BCUT2D eigenvalue weighted by atomic mass is 10.1. The highest BCUT2D eigenvalue weighted by Crippen LogP contribution is 2.40. The lowest BCUT2D eigenvalue weighted by Gasteiger charge is -2.32. The summed E-state index contributed by atoms with van der Waals surface area (Å²) in [7, 11) is 0. The monoisotopic (exact) mass is 508 g/mol. The molecule has 0 amide bonds. The minimum Gasteiger partial charge on any atom is -0.387 e. The van der Waals surface area contributed by atoms with E-state index in [2.05, 4.69) is 62.9 Å². The zero-order valence-electron chi connectivity index (χ0n) is 21.6. The molecular formula is C30H32N6O2. The fraction of sp³-hybridized carbons (Fsp3) is 0.333. The van der Waals surface area contributed by atoms with Crippen molar-refractivity contribution >= 4 is 33.7 Å². The van der Waals surface area contributed by atoms with E-state index in [0.29, 0.717) is 44.8 Å². The van der Waals surface area contributed by atoms with E-state index in [9.17, 15) is 10.4 Å². The van der Waals surface area contributed by atoms with Crippen molar-refractivity contribution in [3.63, 3.8) is 0 Å². The fourth-order valence-electron chi connectivity index (χ4n) is 5.71. The molecular weight excluding hydrogens is 476 g/mol. The summed E-state index contributed by atoms with van der Waals surface area (Å²) >= 11 is 0. The van der Waals surface area contributed by atoms with Crippen molar-refractivity contribution in [3.05, 3.63) is 76.7 Å². The Balaban J connectivity index is 1.30. The number of morpholine rings is 1. The molecule has 2 aromatic carbocycles. The molecule has 2 aromatic heterocycles. The van der Waals surface area contributed by atoms with Gasteiger partial charge in [-0.3, -0.25) is 4.98 Å². The van der Waals surface area contributed by atoms with Gasteiger partial charge in [-0.2, -0.15) is 5.26 Å². The number of aliphatic hydroxyl groups is 1. The van der Waals surface area contributed by atoms with Crippen LogP contribution in [0.1, 0.15) is 40.5 Å². The van der Waals surface area contributed by atoms with Crippen LogP contribution < -0.4 is 15.5 Å². The molecule has 0 spiro atoms. The van der Waals surface area contributed by atoms with Crippen molar-refractivity contribution in [3.8, 4) is 6.07 Å². The first-order chi connectivity index (χ1) is 18.6. The van der Waals surface area contributed by atoms with Gasteiger partial charge in [0, 0.05) is 48.6 Å². The molecule has 194 valence electrons. The number of para-hydroxylation sites is 1. The van der Waals surface area contributed by atoms with Crippen molar-refractivity contribution < 1.29 is 9.84 Å². The van der Waals surface area contributed by atoms with Crippen LogP contribution in [-0.4, -0.2) is 47.9 Å². The molecule has 1 aliphatic carbocycles. The quantitative estimate of drug-likeness (QED) is 0.279. The first-order valence-corrected chi connectivity index (χ1v) is 13.3. The van der Waals surface area contributed by atoms with E-state index in [1.165, 1.54) is 22.0 Å². The number of fused-ring (bicyclic) bond motifs is 2. The van der Waals surface area contributed by atoms with Crippen molar-refractivity contribution in [2.45, 2.75) is 32.3 Å². The number of aromatic nitrogens is 2. The van der Waals surface area contributed by atoms with Crippen LogP contribution in [0.5, 0.6) is 0 Å². The predicted octanol–water partition coefficient (Wildman–Crippen LogP) is 4.96. The van der Waals surface area contributed by atoms with Crippen LogP contribution in [0.15, 0.2) is 48.8 Å². The molecule has 1 saturated heterocycles. The van der Waals surface area contributed by atoms with Gasteiger partial charge in [0.1, 0.15) is 11.6 Å². The second-order valence-corrected chi connectivity index (χ2v) is 9.99. The maximum absolute atomic E-state index is 10.3. The Morgan fingerprint density at radius 3 is 2.84 bits per heavy atom. The number of H-pyrrole nitrogens is 1. The van der Waals surface area contributed by atoms with E-state index >= 15 is 0 Å². The Kier molecular flexibility index (Phi) is 6.62. The summed E-state index contributed by atoms with van der Waals surface area (Å²) in [5.74, 6) is 0. The standard InChI is InChI=1S/C30H32N6O2/c1-19-3-2-4-21-20(18-34-28(19)21)9-11-32-24-6-7-26(30(23(24)17-31)36-13-15-38-16-14-36)35-25-10-12-33-29-22(25)5-8-27(29)37/h2-4,6-7,10,12,18,27,32,34,37H,5,8-9,11,13-16H2,1H3,(H,33,35). The van der Waals surface area contributed by atoms with Crippen LogP contribution in [0.2, 0.25) is 0 Å². The molecule has 1 aliphatic heterocycles. The fourth-order valence-corrected chi connectivity index (χ4v) is 5.71. The second-order valence-electron chi connectivity index (χ2n) is 9.99. The summed E-state index contributed by atoms with van der Waals surface area (Å²) in [5.41, 5.74) is 9.60. The summed E-state index contributed by atoms with van der Waals surface area (Å²) in [4.78, 5) is 10.0. The smallest absolute Gasteiger partial charge is 0.104 e. The van der Waals surface area contributed by atoms with E-state index in [4.69, 9.17) is 4.74 Å². The van der Waals surface area contributed by atoms with Crippen LogP contribution in [0.4, 0.5) is 22.7 Å². The van der Waals surface area contributed by atoms with Crippen LogP contribution >= 0.6 is 0 Å². The van der Waals surface area contributed by atoms with E-state index in [0.717, 1.165) is 46.8 Å². The summed E-state index contributed by atoms with van der Waals surface area (Å²) in [6.45, 7) is 5.51. The molecule has 1 fully saturated rings. The Labute approximate surface area is 222 Å². The molecule has 0 radical (unpaired) electrons. The van der Waals surface area contributed by atoms with Gasteiger partial charge in [-0.1, -0.05) is 18.2 Å². The van der Waals surface area contributed by atoms with Gasteiger partial charge < -0.3 is 30.4 Å². The van der Waals surface area contributed by atoms with Gasteiger partial charge in [0.2, 0.25) is 0 Å². The van der Waals surface area contributed by atoms with E-state index in [1.807, 2.05) is 18.2 Å². The number of rotatable bonds is 7. The van der Waals surface area contributed by atoms with Gasteiger partial charge >= 0.3 is 0 Å². The Hall–Kier alpha value is -4.06. The molecule has 8 nitrogen and oxygen atoms in total.